The van der Waals surface area contributed by atoms with Gasteiger partial charge in [0.2, 0.25) is 11.8 Å². The van der Waals surface area contributed by atoms with E-state index >= 15 is 0 Å². The van der Waals surface area contributed by atoms with Crippen LogP contribution in [0.15, 0.2) is 77.7 Å². The molecule has 0 bridgehead atoms. The average molecular weight is 598 g/mol. The third-order valence-electron chi connectivity index (χ3n) is 6.97. The Morgan fingerprint density at radius 2 is 1.57 bits per heavy atom. The normalized spacial score (nSPS) is 12.7. The van der Waals surface area contributed by atoms with Crippen LogP contribution in [0.4, 0.5) is 10.1 Å². The summed E-state index contributed by atoms with van der Waals surface area (Å²) in [4.78, 5) is 28.9. The van der Waals surface area contributed by atoms with Crippen molar-refractivity contribution in [1.82, 2.24) is 10.2 Å². The molecule has 0 saturated carbocycles. The number of anilines is 1. The molecule has 0 heterocycles. The van der Waals surface area contributed by atoms with E-state index in [2.05, 4.69) is 5.32 Å². The first-order chi connectivity index (χ1) is 20.0. The zero-order valence-electron chi connectivity index (χ0n) is 24.8. The van der Waals surface area contributed by atoms with E-state index in [4.69, 9.17) is 4.74 Å². The monoisotopic (exact) mass is 597 g/mol. The smallest absolute Gasteiger partial charge is 0.264 e. The number of carbonyl (C=O) groups excluding carboxylic acids is 2. The molecule has 0 aliphatic heterocycles. The van der Waals surface area contributed by atoms with E-state index in [1.54, 1.807) is 62.4 Å². The van der Waals surface area contributed by atoms with Crippen LogP contribution in [-0.2, 0) is 26.2 Å². The molecule has 3 aromatic carbocycles. The van der Waals surface area contributed by atoms with Crippen LogP contribution in [0.1, 0.15) is 51.7 Å². The fourth-order valence-electron chi connectivity index (χ4n) is 4.44. The lowest BCUT2D eigenvalue weighted by Gasteiger charge is -2.34. The van der Waals surface area contributed by atoms with Gasteiger partial charge in [-0.05, 0) is 75.6 Å². The summed E-state index contributed by atoms with van der Waals surface area (Å²) in [5.74, 6) is -1.06. The molecule has 0 fully saturated rings. The van der Waals surface area contributed by atoms with Crippen molar-refractivity contribution in [2.45, 2.75) is 71.0 Å². The highest BCUT2D eigenvalue weighted by Gasteiger charge is 2.35. The van der Waals surface area contributed by atoms with E-state index in [-0.39, 0.29) is 42.1 Å². The largest absolute Gasteiger partial charge is 0.492 e. The van der Waals surface area contributed by atoms with Crippen molar-refractivity contribution in [3.05, 3.63) is 89.7 Å². The third kappa shape index (κ3) is 8.09. The molecule has 0 spiro atoms. The number of amides is 2. The summed E-state index contributed by atoms with van der Waals surface area (Å²) in [6, 6.07) is 17.6. The molecular formula is C32H40FN3O5S. The number of rotatable bonds is 14. The maximum Gasteiger partial charge on any atom is 0.264 e. The van der Waals surface area contributed by atoms with Gasteiger partial charge in [-0.1, -0.05) is 55.8 Å². The quantitative estimate of drug-likeness (QED) is 0.267. The Kier molecular flexibility index (Phi) is 11.5. The van der Waals surface area contributed by atoms with Crippen LogP contribution in [0, 0.1) is 12.7 Å². The predicted octanol–water partition coefficient (Wildman–Crippen LogP) is 5.45. The second kappa shape index (κ2) is 14.8. The summed E-state index contributed by atoms with van der Waals surface area (Å²) in [5.41, 5.74) is 1.68. The lowest BCUT2D eigenvalue weighted by atomic mass is 10.1. The molecule has 0 radical (unpaired) electrons. The highest BCUT2D eigenvalue weighted by atomic mass is 32.2. The van der Waals surface area contributed by atoms with Gasteiger partial charge >= 0.3 is 0 Å². The first-order valence-electron chi connectivity index (χ1n) is 14.2. The molecule has 10 heteroatoms. The molecule has 2 atom stereocenters. The van der Waals surface area contributed by atoms with Gasteiger partial charge in [0.25, 0.3) is 10.0 Å². The van der Waals surface area contributed by atoms with E-state index in [9.17, 15) is 22.4 Å². The summed E-state index contributed by atoms with van der Waals surface area (Å²) in [5, 5.41) is 2.94. The second-order valence-electron chi connectivity index (χ2n) is 10.1. The second-order valence-corrected chi connectivity index (χ2v) is 12.0. The van der Waals surface area contributed by atoms with E-state index in [0.717, 1.165) is 9.87 Å². The van der Waals surface area contributed by atoms with Gasteiger partial charge < -0.3 is 15.0 Å². The van der Waals surface area contributed by atoms with E-state index < -0.39 is 34.3 Å². The molecule has 42 heavy (non-hydrogen) atoms. The van der Waals surface area contributed by atoms with Gasteiger partial charge in [-0.2, -0.15) is 0 Å². The van der Waals surface area contributed by atoms with Gasteiger partial charge in [-0.25, -0.2) is 12.8 Å². The summed E-state index contributed by atoms with van der Waals surface area (Å²) in [7, 11) is -4.24. The zero-order valence-corrected chi connectivity index (χ0v) is 25.7. The summed E-state index contributed by atoms with van der Waals surface area (Å²) in [6.07, 6.45) is 0.986. The van der Waals surface area contributed by atoms with Crippen LogP contribution < -0.4 is 14.4 Å². The Labute approximate surface area is 248 Å². The number of benzene rings is 3. The summed E-state index contributed by atoms with van der Waals surface area (Å²) < 4.78 is 48.6. The average Bonchev–Trinajstić information content (AvgIpc) is 2.97. The minimum atomic E-state index is -4.24. The fourth-order valence-corrected chi connectivity index (χ4v) is 5.86. The number of hydrogen-bond donors (Lipinski definition) is 1. The number of sulfonamides is 1. The number of ether oxygens (including phenoxy) is 1. The van der Waals surface area contributed by atoms with E-state index in [1.807, 2.05) is 20.8 Å². The number of halogens is 1. The lowest BCUT2D eigenvalue weighted by molar-refractivity contribution is -0.140. The molecule has 2 unspecified atom stereocenters. The highest BCUT2D eigenvalue weighted by Crippen LogP contribution is 2.33. The fraction of sp³-hybridized carbons (Fsp3) is 0.375. The van der Waals surface area contributed by atoms with Crippen LogP contribution in [0.25, 0.3) is 0 Å². The summed E-state index contributed by atoms with van der Waals surface area (Å²) in [6.45, 7) is 8.92. The molecule has 0 aromatic heterocycles. The Morgan fingerprint density at radius 3 is 2.17 bits per heavy atom. The van der Waals surface area contributed by atoms with Crippen molar-refractivity contribution in [3.8, 4) is 5.75 Å². The minimum Gasteiger partial charge on any atom is -0.492 e. The lowest BCUT2D eigenvalue weighted by Crippen LogP contribution is -2.53. The third-order valence-corrected chi connectivity index (χ3v) is 8.75. The van der Waals surface area contributed by atoms with Crippen LogP contribution in [0.5, 0.6) is 5.75 Å². The Balaban J connectivity index is 2.10. The number of hydrogen-bond acceptors (Lipinski definition) is 5. The van der Waals surface area contributed by atoms with Crippen molar-refractivity contribution >= 4 is 27.5 Å². The molecule has 0 aliphatic carbocycles. The van der Waals surface area contributed by atoms with Gasteiger partial charge in [-0.15, -0.1) is 0 Å². The Morgan fingerprint density at radius 1 is 0.929 bits per heavy atom. The zero-order chi connectivity index (χ0) is 30.9. The molecule has 1 N–H and O–H groups in total. The molecule has 8 nitrogen and oxygen atoms in total. The molecular weight excluding hydrogens is 557 g/mol. The van der Waals surface area contributed by atoms with E-state index in [0.29, 0.717) is 17.7 Å². The van der Waals surface area contributed by atoms with Gasteiger partial charge in [0.1, 0.15) is 24.2 Å². The summed E-state index contributed by atoms with van der Waals surface area (Å²) >= 11 is 0. The minimum absolute atomic E-state index is 0.0128. The maximum absolute atomic E-state index is 14.2. The van der Waals surface area contributed by atoms with E-state index in [1.165, 1.54) is 29.2 Å². The molecule has 3 rings (SSSR count). The van der Waals surface area contributed by atoms with Crippen LogP contribution in [0.3, 0.4) is 0 Å². The van der Waals surface area contributed by atoms with Crippen LogP contribution in [0.2, 0.25) is 0 Å². The van der Waals surface area contributed by atoms with Crippen molar-refractivity contribution in [3.63, 3.8) is 0 Å². The van der Waals surface area contributed by atoms with Gasteiger partial charge in [0.05, 0.1) is 17.2 Å². The first kappa shape index (κ1) is 32.6. The molecule has 2 amide bonds. The van der Waals surface area contributed by atoms with Gasteiger partial charge in [0, 0.05) is 12.6 Å². The number of carbonyl (C=O) groups is 2. The molecule has 0 saturated heterocycles. The Bertz CT molecular complexity index is 1450. The number of nitrogens with one attached hydrogen (secondary N) is 1. The number of aryl methyl sites for hydroxylation is 1. The SMILES string of the molecule is CCOc1ccccc1N(CC(=O)N(Cc1ccc(F)cc1)C(CC)C(=O)NC(C)CC)S(=O)(=O)c1ccc(C)cc1. The standard InChI is InChI=1S/C32H40FN3O5S/c1-6-24(5)34-32(38)28(7-2)35(21-25-15-17-26(33)18-16-25)31(37)22-36(29-11-9-10-12-30(29)41-8-3)42(39,40)27-19-13-23(4)14-20-27/h9-20,24,28H,6-8,21-22H2,1-5H3,(H,34,38). The first-order valence-corrected chi connectivity index (χ1v) is 15.6. The number of nitrogens with zero attached hydrogens (tertiary/aromatic N) is 2. The maximum atomic E-state index is 14.2. The van der Waals surface area contributed by atoms with Gasteiger partial charge in [0.15, 0.2) is 0 Å². The van der Waals surface area contributed by atoms with Crippen molar-refractivity contribution < 1.29 is 27.1 Å². The number of para-hydroxylation sites is 2. The van der Waals surface area contributed by atoms with Gasteiger partial charge in [-0.3, -0.25) is 13.9 Å². The Hall–Kier alpha value is -3.92. The molecule has 3 aromatic rings. The molecule has 0 aliphatic rings. The van der Waals surface area contributed by atoms with Crippen LogP contribution >= 0.6 is 0 Å². The van der Waals surface area contributed by atoms with Crippen LogP contribution in [-0.4, -0.2) is 50.4 Å². The molecule has 226 valence electrons. The highest BCUT2D eigenvalue weighted by molar-refractivity contribution is 7.92. The van der Waals surface area contributed by atoms with Crippen molar-refractivity contribution in [2.75, 3.05) is 17.5 Å². The van der Waals surface area contributed by atoms with Crippen molar-refractivity contribution in [2.24, 2.45) is 0 Å². The topological polar surface area (TPSA) is 96.0 Å². The van der Waals surface area contributed by atoms with Crippen molar-refractivity contribution in [1.29, 1.82) is 0 Å². The predicted molar refractivity (Wildman–Crippen MR) is 162 cm³/mol.